The van der Waals surface area contributed by atoms with Crippen molar-refractivity contribution in [1.82, 2.24) is 4.98 Å². The first-order valence-electron chi connectivity index (χ1n) is 10.0. The van der Waals surface area contributed by atoms with Gasteiger partial charge in [0.15, 0.2) is 0 Å². The molecule has 2 aromatic rings. The van der Waals surface area contributed by atoms with Gasteiger partial charge in [-0.05, 0) is 49.3 Å². The number of fused-ring (bicyclic) bond motifs is 1. The lowest BCUT2D eigenvalue weighted by molar-refractivity contribution is 0.0956. The molecule has 3 fully saturated rings. The van der Waals surface area contributed by atoms with E-state index in [0.29, 0.717) is 11.0 Å². The minimum absolute atomic E-state index is 0.164. The zero-order chi connectivity index (χ0) is 18.6. The smallest absolute Gasteiger partial charge is 0.266 e. The van der Waals surface area contributed by atoms with Crippen LogP contribution >= 0.6 is 0 Å². The molecule has 1 aliphatic carbocycles. The van der Waals surface area contributed by atoms with Crippen molar-refractivity contribution in [3.05, 3.63) is 34.1 Å². The number of hydrogen-bond acceptors (Lipinski definition) is 4. The second-order valence-electron chi connectivity index (χ2n) is 8.56. The highest BCUT2D eigenvalue weighted by molar-refractivity contribution is 5.96. The van der Waals surface area contributed by atoms with Crippen molar-refractivity contribution < 1.29 is 0 Å². The van der Waals surface area contributed by atoms with E-state index in [1.54, 1.807) is 0 Å². The predicted octanol–water partition coefficient (Wildman–Crippen LogP) is 2.43. The average Bonchev–Trinajstić information content (AvgIpc) is 2.63. The summed E-state index contributed by atoms with van der Waals surface area (Å²) >= 11 is 0. The van der Waals surface area contributed by atoms with Gasteiger partial charge in [0, 0.05) is 43.3 Å². The number of rotatable bonds is 2. The number of pyridine rings is 1. The van der Waals surface area contributed by atoms with Gasteiger partial charge in [0.1, 0.15) is 5.56 Å². The van der Waals surface area contributed by atoms with Crippen LogP contribution in [0.25, 0.3) is 10.9 Å². The van der Waals surface area contributed by atoms with Gasteiger partial charge in [-0.3, -0.25) is 4.79 Å². The normalized spacial score (nSPS) is 21.8. The third kappa shape index (κ3) is 2.62. The van der Waals surface area contributed by atoms with Crippen molar-refractivity contribution in [3.8, 4) is 12.3 Å². The van der Waals surface area contributed by atoms with Crippen molar-refractivity contribution in [2.45, 2.75) is 38.1 Å². The molecule has 0 radical (unpaired) electrons. The Morgan fingerprint density at radius 2 is 1.89 bits per heavy atom. The standard InChI is InChI=1S/C22H26N4O/c1-2-17-20(25-10-8-22(9-11-25)6-3-7-22)18-12-16(26-13-15(23)14-26)4-5-19(18)24-21(17)27/h1,4-5,12,15H,3,6-11,13-14,23H2,(H,24,27). The zero-order valence-corrected chi connectivity index (χ0v) is 15.6. The Labute approximate surface area is 159 Å². The maximum absolute atomic E-state index is 12.6. The Balaban J connectivity index is 1.58. The molecular weight excluding hydrogens is 336 g/mol. The second-order valence-corrected chi connectivity index (χ2v) is 8.56. The van der Waals surface area contributed by atoms with Crippen LogP contribution in [0.1, 0.15) is 37.7 Å². The number of benzene rings is 1. The largest absolute Gasteiger partial charge is 0.370 e. The third-order valence-corrected chi connectivity index (χ3v) is 6.94. The van der Waals surface area contributed by atoms with Crippen LogP contribution in [0.15, 0.2) is 23.0 Å². The summed E-state index contributed by atoms with van der Waals surface area (Å²) in [6, 6.07) is 6.47. The van der Waals surface area contributed by atoms with Gasteiger partial charge in [0.05, 0.1) is 11.2 Å². The summed E-state index contributed by atoms with van der Waals surface area (Å²) in [7, 11) is 0. The molecule has 1 aromatic carbocycles. The summed E-state index contributed by atoms with van der Waals surface area (Å²) in [4.78, 5) is 20.2. The quantitative estimate of drug-likeness (QED) is 0.806. The van der Waals surface area contributed by atoms with Gasteiger partial charge in [-0.2, -0.15) is 0 Å². The lowest BCUT2D eigenvalue weighted by Gasteiger charge is -2.48. The third-order valence-electron chi connectivity index (χ3n) is 6.94. The summed E-state index contributed by atoms with van der Waals surface area (Å²) in [5, 5.41) is 1.05. The number of aromatic nitrogens is 1. The van der Waals surface area contributed by atoms with E-state index in [0.717, 1.165) is 48.5 Å². The monoisotopic (exact) mass is 362 g/mol. The number of nitrogens with zero attached hydrogens (tertiary/aromatic N) is 2. The molecule has 27 heavy (non-hydrogen) atoms. The molecule has 3 aliphatic rings. The number of terminal acetylenes is 1. The molecule has 1 aromatic heterocycles. The molecule has 0 amide bonds. The molecule has 5 heteroatoms. The maximum atomic E-state index is 12.6. The van der Waals surface area contributed by atoms with E-state index in [1.807, 2.05) is 6.07 Å². The topological polar surface area (TPSA) is 65.4 Å². The second kappa shape index (κ2) is 6.03. The summed E-state index contributed by atoms with van der Waals surface area (Å²) in [5.74, 6) is 2.67. The highest BCUT2D eigenvalue weighted by Crippen LogP contribution is 2.49. The molecule has 3 heterocycles. The number of hydrogen-bond donors (Lipinski definition) is 2. The zero-order valence-electron chi connectivity index (χ0n) is 15.6. The number of nitrogens with one attached hydrogen (secondary N) is 1. The van der Waals surface area contributed by atoms with E-state index in [1.165, 1.54) is 32.1 Å². The fraction of sp³-hybridized carbons (Fsp3) is 0.500. The summed E-state index contributed by atoms with van der Waals surface area (Å²) in [6.45, 7) is 3.70. The van der Waals surface area contributed by atoms with Crippen LogP contribution in [0.4, 0.5) is 11.4 Å². The van der Waals surface area contributed by atoms with Crippen LogP contribution in [0.5, 0.6) is 0 Å². The number of aromatic amines is 1. The number of anilines is 2. The van der Waals surface area contributed by atoms with E-state index >= 15 is 0 Å². The first-order valence-corrected chi connectivity index (χ1v) is 10.0. The van der Waals surface area contributed by atoms with Gasteiger partial charge in [-0.15, -0.1) is 6.42 Å². The van der Waals surface area contributed by atoms with E-state index in [9.17, 15) is 4.79 Å². The van der Waals surface area contributed by atoms with Crippen LogP contribution in [0.3, 0.4) is 0 Å². The van der Waals surface area contributed by atoms with Crippen molar-refractivity contribution >= 4 is 22.3 Å². The summed E-state index contributed by atoms with van der Waals surface area (Å²) in [6.07, 6.45) is 12.3. The maximum Gasteiger partial charge on any atom is 0.266 e. The Kier molecular flexibility index (Phi) is 3.73. The molecular formula is C22H26N4O. The molecule has 140 valence electrons. The molecule has 2 saturated heterocycles. The molecule has 3 N–H and O–H groups in total. The van der Waals surface area contributed by atoms with Crippen LogP contribution in [0, 0.1) is 17.8 Å². The first-order chi connectivity index (χ1) is 13.1. The van der Waals surface area contributed by atoms with Gasteiger partial charge >= 0.3 is 0 Å². The van der Waals surface area contributed by atoms with Crippen LogP contribution in [0.2, 0.25) is 0 Å². The average molecular weight is 362 g/mol. The van der Waals surface area contributed by atoms with E-state index in [-0.39, 0.29) is 11.6 Å². The van der Waals surface area contributed by atoms with Crippen LogP contribution in [-0.4, -0.2) is 37.2 Å². The lowest BCUT2D eigenvalue weighted by Crippen LogP contribution is -2.55. The van der Waals surface area contributed by atoms with Gasteiger partial charge in [-0.25, -0.2) is 0 Å². The molecule has 2 aliphatic heterocycles. The van der Waals surface area contributed by atoms with Crippen molar-refractivity contribution in [2.24, 2.45) is 11.1 Å². The van der Waals surface area contributed by atoms with Crippen LogP contribution < -0.4 is 21.1 Å². The Morgan fingerprint density at radius 1 is 1.15 bits per heavy atom. The molecule has 1 saturated carbocycles. The van der Waals surface area contributed by atoms with E-state index in [4.69, 9.17) is 12.2 Å². The molecule has 5 nitrogen and oxygen atoms in total. The lowest BCUT2D eigenvalue weighted by atomic mass is 9.63. The minimum Gasteiger partial charge on any atom is -0.370 e. The van der Waals surface area contributed by atoms with Crippen molar-refractivity contribution in [2.75, 3.05) is 36.0 Å². The predicted molar refractivity (Wildman–Crippen MR) is 110 cm³/mol. The highest BCUT2D eigenvalue weighted by Gasteiger charge is 2.40. The molecule has 0 atom stereocenters. The molecule has 0 unspecified atom stereocenters. The van der Waals surface area contributed by atoms with Gasteiger partial charge in [-0.1, -0.05) is 12.3 Å². The Morgan fingerprint density at radius 3 is 2.48 bits per heavy atom. The molecule has 0 bridgehead atoms. The first kappa shape index (κ1) is 16.7. The van der Waals surface area contributed by atoms with Gasteiger partial charge < -0.3 is 20.5 Å². The minimum atomic E-state index is -0.164. The SMILES string of the molecule is C#Cc1c(N2CCC3(CCC3)CC2)c2cc(N3CC(N)C3)ccc2[nH]c1=O. The fourth-order valence-electron chi connectivity index (χ4n) is 5.03. The summed E-state index contributed by atoms with van der Waals surface area (Å²) < 4.78 is 0. The number of H-pyrrole nitrogens is 1. The Hall–Kier alpha value is -2.45. The highest BCUT2D eigenvalue weighted by atomic mass is 16.1. The van der Waals surface area contributed by atoms with E-state index < -0.39 is 0 Å². The van der Waals surface area contributed by atoms with Crippen LogP contribution in [-0.2, 0) is 0 Å². The number of nitrogens with two attached hydrogens (primary N) is 1. The summed E-state index contributed by atoms with van der Waals surface area (Å²) in [5.41, 5.74) is 9.75. The van der Waals surface area contributed by atoms with E-state index in [2.05, 4.69) is 32.8 Å². The molecule has 5 rings (SSSR count). The van der Waals surface area contributed by atoms with Gasteiger partial charge in [0.2, 0.25) is 0 Å². The van der Waals surface area contributed by atoms with Crippen molar-refractivity contribution in [3.63, 3.8) is 0 Å². The Bertz CT molecular complexity index is 982. The van der Waals surface area contributed by atoms with Gasteiger partial charge in [0.25, 0.3) is 5.56 Å². The van der Waals surface area contributed by atoms with Crippen molar-refractivity contribution in [1.29, 1.82) is 0 Å². The fourth-order valence-corrected chi connectivity index (χ4v) is 5.03. The number of piperidine rings is 1. The molecule has 1 spiro atoms.